The number of likely N-dealkylation sites (N-methyl/N-ethyl adjacent to an activating group) is 1. The molecular formula is C27H35FN6O2. The molecule has 0 spiro atoms. The normalized spacial score (nSPS) is 13.1. The fourth-order valence-electron chi connectivity index (χ4n) is 4.67. The summed E-state index contributed by atoms with van der Waals surface area (Å²) in [4.78, 5) is 28.1. The molecule has 0 saturated heterocycles. The van der Waals surface area contributed by atoms with E-state index in [1.54, 1.807) is 22.8 Å². The van der Waals surface area contributed by atoms with E-state index in [2.05, 4.69) is 17.3 Å². The summed E-state index contributed by atoms with van der Waals surface area (Å²) in [6.45, 7) is 5.83. The maximum atomic E-state index is 13.7. The predicted molar refractivity (Wildman–Crippen MR) is 139 cm³/mol. The Bertz CT molecular complexity index is 1260. The van der Waals surface area contributed by atoms with E-state index < -0.39 is 0 Å². The third-order valence-corrected chi connectivity index (χ3v) is 6.70. The number of rotatable bonds is 10. The maximum Gasteiger partial charge on any atom is 0.256 e. The highest BCUT2D eigenvalue weighted by molar-refractivity contribution is 5.90. The van der Waals surface area contributed by atoms with E-state index in [0.29, 0.717) is 19.6 Å². The minimum atomic E-state index is -0.276. The zero-order chi connectivity index (χ0) is 25.8. The van der Waals surface area contributed by atoms with Gasteiger partial charge in [-0.25, -0.2) is 9.40 Å². The fraction of sp³-hybridized carbons (Fsp3) is 0.444. The van der Waals surface area contributed by atoms with Gasteiger partial charge in [-0.3, -0.25) is 19.3 Å². The summed E-state index contributed by atoms with van der Waals surface area (Å²) in [6, 6.07) is 8.71. The molecule has 0 atom stereocenters. The monoisotopic (exact) mass is 494 g/mol. The van der Waals surface area contributed by atoms with Crippen LogP contribution in [-0.2, 0) is 29.7 Å². The maximum absolute atomic E-state index is 13.7. The average molecular weight is 495 g/mol. The van der Waals surface area contributed by atoms with Crippen LogP contribution in [0.3, 0.4) is 0 Å². The lowest BCUT2D eigenvalue weighted by Crippen LogP contribution is -2.48. The van der Waals surface area contributed by atoms with Gasteiger partial charge < -0.3 is 10.2 Å². The van der Waals surface area contributed by atoms with Crippen LogP contribution in [0, 0.1) is 12.7 Å². The van der Waals surface area contributed by atoms with Crippen LogP contribution < -0.4 is 10.2 Å². The molecule has 9 heteroatoms. The van der Waals surface area contributed by atoms with Gasteiger partial charge in [0.15, 0.2) is 0 Å². The standard InChI is InChI=1S/C27H35FN6O2/c1-5-6-7-10-29-26(35)17-33(25-13-22-14-31(3)30-24(22)11-19(25)2)18-27(36)32(4)34-15-20-8-9-23(28)12-21(20)16-34/h8-9,11-14H,5-7,10,15-18H2,1-4H3,(H,29,35). The van der Waals surface area contributed by atoms with E-state index >= 15 is 0 Å². The topological polar surface area (TPSA) is 73.7 Å². The van der Waals surface area contributed by atoms with Crippen molar-refractivity contribution in [3.63, 3.8) is 0 Å². The number of aromatic nitrogens is 2. The second kappa shape index (κ2) is 11.1. The number of nitrogens with one attached hydrogen (secondary N) is 1. The Kier molecular flexibility index (Phi) is 7.88. The lowest BCUT2D eigenvalue weighted by atomic mass is 10.1. The van der Waals surface area contributed by atoms with E-state index in [1.807, 2.05) is 42.2 Å². The van der Waals surface area contributed by atoms with Gasteiger partial charge in [0.05, 0.1) is 18.6 Å². The number of carbonyl (C=O) groups excluding carboxylic acids is 2. The molecule has 1 aliphatic rings. The fourth-order valence-corrected chi connectivity index (χ4v) is 4.67. The second-order valence-electron chi connectivity index (χ2n) is 9.57. The zero-order valence-corrected chi connectivity index (χ0v) is 21.6. The molecule has 0 radical (unpaired) electrons. The molecule has 36 heavy (non-hydrogen) atoms. The summed E-state index contributed by atoms with van der Waals surface area (Å²) in [5, 5.41) is 11.9. The number of hydrazine groups is 1. The number of amides is 2. The molecule has 192 valence electrons. The Morgan fingerprint density at radius 3 is 2.67 bits per heavy atom. The predicted octanol–water partition coefficient (Wildman–Crippen LogP) is 3.52. The first-order chi connectivity index (χ1) is 17.2. The van der Waals surface area contributed by atoms with Crippen LogP contribution in [0.15, 0.2) is 36.5 Å². The molecular weight excluding hydrogens is 459 g/mol. The van der Waals surface area contributed by atoms with E-state index in [-0.39, 0.29) is 30.7 Å². The Hall–Kier alpha value is -3.46. The molecule has 0 fully saturated rings. The molecule has 3 aromatic rings. The number of nitrogens with zero attached hydrogens (tertiary/aromatic N) is 5. The van der Waals surface area contributed by atoms with Gasteiger partial charge in [-0.05, 0) is 54.3 Å². The Balaban J connectivity index is 1.51. The second-order valence-corrected chi connectivity index (χ2v) is 9.57. The lowest BCUT2D eigenvalue weighted by Gasteiger charge is -2.32. The first-order valence-corrected chi connectivity index (χ1v) is 12.5. The Morgan fingerprint density at radius 2 is 1.89 bits per heavy atom. The zero-order valence-electron chi connectivity index (χ0n) is 21.6. The number of fused-ring (bicyclic) bond motifs is 2. The van der Waals surface area contributed by atoms with Crippen LogP contribution in [-0.4, -0.2) is 58.3 Å². The van der Waals surface area contributed by atoms with Gasteiger partial charge in [0, 0.05) is 51.0 Å². The highest BCUT2D eigenvalue weighted by Gasteiger charge is 2.27. The van der Waals surface area contributed by atoms with Gasteiger partial charge in [-0.1, -0.05) is 25.8 Å². The molecule has 8 nitrogen and oxygen atoms in total. The number of carbonyl (C=O) groups is 2. The molecule has 2 aromatic carbocycles. The van der Waals surface area contributed by atoms with Crippen molar-refractivity contribution in [1.82, 2.24) is 25.1 Å². The minimum absolute atomic E-state index is 0.0344. The SMILES string of the molecule is CCCCCNC(=O)CN(CC(=O)N(C)N1Cc2ccc(F)cc2C1)c1cc2cn(C)nc2cc1C. The van der Waals surface area contributed by atoms with Crippen LogP contribution in [0.25, 0.3) is 10.9 Å². The van der Waals surface area contributed by atoms with Crippen LogP contribution in [0.4, 0.5) is 10.1 Å². The van der Waals surface area contributed by atoms with Crippen molar-refractivity contribution < 1.29 is 14.0 Å². The van der Waals surface area contributed by atoms with Gasteiger partial charge in [-0.15, -0.1) is 0 Å². The molecule has 1 aromatic heterocycles. The highest BCUT2D eigenvalue weighted by atomic mass is 19.1. The van der Waals surface area contributed by atoms with E-state index in [4.69, 9.17) is 0 Å². The molecule has 0 unspecified atom stereocenters. The number of hydrogen-bond donors (Lipinski definition) is 1. The first-order valence-electron chi connectivity index (χ1n) is 12.5. The van der Waals surface area contributed by atoms with E-state index in [0.717, 1.165) is 52.5 Å². The largest absolute Gasteiger partial charge is 0.355 e. The third-order valence-electron chi connectivity index (χ3n) is 6.70. The molecule has 0 saturated carbocycles. The highest BCUT2D eigenvalue weighted by Crippen LogP contribution is 2.27. The van der Waals surface area contributed by atoms with Crippen LogP contribution in [0.5, 0.6) is 0 Å². The lowest BCUT2D eigenvalue weighted by molar-refractivity contribution is -0.145. The molecule has 1 aliphatic heterocycles. The van der Waals surface area contributed by atoms with E-state index in [1.165, 1.54) is 12.1 Å². The summed E-state index contributed by atoms with van der Waals surface area (Å²) < 4.78 is 15.4. The van der Waals surface area contributed by atoms with Crippen molar-refractivity contribution in [3.8, 4) is 0 Å². The van der Waals surface area contributed by atoms with E-state index in [9.17, 15) is 14.0 Å². The number of benzene rings is 2. The smallest absolute Gasteiger partial charge is 0.256 e. The molecule has 2 heterocycles. The van der Waals surface area contributed by atoms with Crippen molar-refractivity contribution in [1.29, 1.82) is 0 Å². The Morgan fingerprint density at radius 1 is 1.11 bits per heavy atom. The number of hydrogen-bond acceptors (Lipinski definition) is 5. The van der Waals surface area contributed by atoms with Gasteiger partial charge in [0.2, 0.25) is 5.91 Å². The summed E-state index contributed by atoms with van der Waals surface area (Å²) in [7, 11) is 3.60. The molecule has 0 aliphatic carbocycles. The van der Waals surface area contributed by atoms with Crippen molar-refractivity contribution in [3.05, 3.63) is 59.0 Å². The van der Waals surface area contributed by atoms with Crippen molar-refractivity contribution in [2.75, 3.05) is 31.6 Å². The van der Waals surface area contributed by atoms with Crippen molar-refractivity contribution >= 4 is 28.4 Å². The Labute approximate surface area is 211 Å². The molecule has 0 bridgehead atoms. The molecule has 2 amide bonds. The summed E-state index contributed by atoms with van der Waals surface area (Å²) in [5.41, 5.74) is 4.54. The minimum Gasteiger partial charge on any atom is -0.355 e. The van der Waals surface area contributed by atoms with Crippen molar-refractivity contribution in [2.24, 2.45) is 7.05 Å². The van der Waals surface area contributed by atoms with Gasteiger partial charge in [0.1, 0.15) is 5.82 Å². The summed E-state index contributed by atoms with van der Waals surface area (Å²) in [5.74, 6) is -0.536. The number of aryl methyl sites for hydroxylation is 2. The van der Waals surface area contributed by atoms with Crippen LogP contribution in [0.1, 0.15) is 42.9 Å². The van der Waals surface area contributed by atoms with Crippen molar-refractivity contribution in [2.45, 2.75) is 46.2 Å². The van der Waals surface area contributed by atoms with Crippen LogP contribution >= 0.6 is 0 Å². The summed E-state index contributed by atoms with van der Waals surface area (Å²) in [6.07, 6.45) is 5.00. The van der Waals surface area contributed by atoms with Gasteiger partial charge >= 0.3 is 0 Å². The number of halogens is 1. The quantitative estimate of drug-likeness (QED) is 0.437. The first kappa shape index (κ1) is 25.6. The summed E-state index contributed by atoms with van der Waals surface area (Å²) >= 11 is 0. The van der Waals surface area contributed by atoms with Gasteiger partial charge in [-0.2, -0.15) is 5.10 Å². The van der Waals surface area contributed by atoms with Crippen LogP contribution in [0.2, 0.25) is 0 Å². The third kappa shape index (κ3) is 5.84. The average Bonchev–Trinajstić information content (AvgIpc) is 3.41. The number of unbranched alkanes of at least 4 members (excludes halogenated alkanes) is 2. The number of anilines is 1. The van der Waals surface area contributed by atoms with Gasteiger partial charge in [0.25, 0.3) is 5.91 Å². The molecule has 1 N–H and O–H groups in total. The molecule has 4 rings (SSSR count).